The van der Waals surface area contributed by atoms with E-state index < -0.39 is 39.8 Å². The molecule has 0 spiro atoms. The van der Waals surface area contributed by atoms with Crippen molar-refractivity contribution in [3.63, 3.8) is 0 Å². The minimum absolute atomic E-state index is 0.0584. The first-order valence-electron chi connectivity index (χ1n) is 10.3. The van der Waals surface area contributed by atoms with Gasteiger partial charge in [0, 0.05) is 36.1 Å². The van der Waals surface area contributed by atoms with Crippen LogP contribution in [0.25, 0.3) is 11.3 Å². The molecule has 9 nitrogen and oxygen atoms in total. The Labute approximate surface area is 202 Å². The van der Waals surface area contributed by atoms with Gasteiger partial charge in [-0.1, -0.05) is 6.07 Å². The van der Waals surface area contributed by atoms with E-state index in [1.54, 1.807) is 20.8 Å². The molecule has 0 fully saturated rings. The van der Waals surface area contributed by atoms with Crippen molar-refractivity contribution in [2.75, 3.05) is 7.05 Å². The van der Waals surface area contributed by atoms with Crippen LogP contribution in [0.2, 0.25) is 0 Å². The van der Waals surface area contributed by atoms with Crippen LogP contribution in [0.1, 0.15) is 37.6 Å². The van der Waals surface area contributed by atoms with Crippen LogP contribution in [0.4, 0.5) is 9.18 Å². The van der Waals surface area contributed by atoms with Gasteiger partial charge in [-0.05, 0) is 51.1 Å². The molecule has 2 heterocycles. The van der Waals surface area contributed by atoms with E-state index >= 15 is 4.39 Å². The number of amides is 1. The molecule has 1 aromatic carbocycles. The van der Waals surface area contributed by atoms with Crippen LogP contribution in [0, 0.1) is 28.5 Å². The molecular formula is C24H22FN5O4S. The van der Waals surface area contributed by atoms with Crippen LogP contribution >= 0.6 is 0 Å². The molecule has 0 atom stereocenters. The smallest absolute Gasteiger partial charge is 0.410 e. The molecule has 0 saturated carbocycles. The van der Waals surface area contributed by atoms with Gasteiger partial charge in [0.05, 0.1) is 16.5 Å². The third-order valence-corrected chi connectivity index (χ3v) is 6.96. The number of ether oxygens (including phenoxy) is 1. The highest BCUT2D eigenvalue weighted by atomic mass is 32.2. The van der Waals surface area contributed by atoms with E-state index in [0.717, 1.165) is 12.3 Å². The van der Waals surface area contributed by atoms with Crippen LogP contribution in [-0.2, 0) is 21.4 Å². The highest BCUT2D eigenvalue weighted by molar-refractivity contribution is 7.90. The number of hydrogen-bond acceptors (Lipinski definition) is 7. The first-order valence-corrected chi connectivity index (χ1v) is 11.8. The van der Waals surface area contributed by atoms with Crippen molar-refractivity contribution >= 4 is 16.1 Å². The molecule has 2 aromatic heterocycles. The van der Waals surface area contributed by atoms with Crippen LogP contribution in [0.5, 0.6) is 0 Å². The van der Waals surface area contributed by atoms with Crippen molar-refractivity contribution in [1.29, 1.82) is 10.5 Å². The quantitative estimate of drug-likeness (QED) is 0.522. The topological polar surface area (TPSA) is 129 Å². The van der Waals surface area contributed by atoms with Gasteiger partial charge >= 0.3 is 6.09 Å². The maximum atomic E-state index is 15.7. The average molecular weight is 496 g/mol. The Bertz CT molecular complexity index is 1480. The summed E-state index contributed by atoms with van der Waals surface area (Å²) in [6.07, 6.45) is 1.59. The molecule has 0 N–H and O–H groups in total. The number of rotatable bonds is 5. The third-order valence-electron chi connectivity index (χ3n) is 5.30. The van der Waals surface area contributed by atoms with Crippen molar-refractivity contribution < 1.29 is 22.3 Å². The fourth-order valence-electron chi connectivity index (χ4n) is 3.07. The summed E-state index contributed by atoms with van der Waals surface area (Å²) in [6.45, 7) is 4.81. The zero-order valence-corrected chi connectivity index (χ0v) is 20.3. The summed E-state index contributed by atoms with van der Waals surface area (Å²) < 4.78 is 48.6. The lowest BCUT2D eigenvalue weighted by Crippen LogP contribution is -2.42. The number of nitriles is 2. The fraction of sp³-hybridized carbons (Fsp3) is 0.250. The van der Waals surface area contributed by atoms with E-state index in [0.29, 0.717) is 3.97 Å². The summed E-state index contributed by atoms with van der Waals surface area (Å²) >= 11 is 0. The van der Waals surface area contributed by atoms with Crippen LogP contribution in [0.3, 0.4) is 0 Å². The van der Waals surface area contributed by atoms with E-state index in [-0.39, 0.29) is 27.3 Å². The molecular weight excluding hydrogens is 473 g/mol. The normalized spacial score (nSPS) is 11.4. The second-order valence-corrected chi connectivity index (χ2v) is 10.4. The van der Waals surface area contributed by atoms with Gasteiger partial charge in [-0.25, -0.2) is 26.6 Å². The van der Waals surface area contributed by atoms with E-state index in [2.05, 4.69) is 4.98 Å². The lowest BCUT2D eigenvalue weighted by molar-refractivity contribution is 0.0753. The molecule has 3 rings (SSSR count). The molecule has 0 bridgehead atoms. The van der Waals surface area contributed by atoms with Crippen molar-refractivity contribution in [3.8, 4) is 23.4 Å². The van der Waals surface area contributed by atoms with Crippen molar-refractivity contribution in [2.45, 2.75) is 37.8 Å². The Kier molecular flexibility index (Phi) is 6.94. The molecule has 1 amide bonds. The van der Waals surface area contributed by atoms with Gasteiger partial charge in [0.25, 0.3) is 10.0 Å². The summed E-state index contributed by atoms with van der Waals surface area (Å²) in [5.74, 6) is -0.985. The molecule has 0 aliphatic heterocycles. The highest BCUT2D eigenvalue weighted by Crippen LogP contribution is 2.33. The summed E-state index contributed by atoms with van der Waals surface area (Å²) in [4.78, 5) is 17.4. The second kappa shape index (κ2) is 9.57. The monoisotopic (exact) mass is 495 g/mol. The molecule has 0 unspecified atom stereocenters. The minimum Gasteiger partial charge on any atom is -0.444 e. The largest absolute Gasteiger partial charge is 0.444 e. The molecule has 35 heavy (non-hydrogen) atoms. The number of halogens is 1. The minimum atomic E-state index is -4.42. The van der Waals surface area contributed by atoms with Gasteiger partial charge in [-0.15, -0.1) is 0 Å². The van der Waals surface area contributed by atoms with Crippen LogP contribution < -0.4 is 0 Å². The Morgan fingerprint density at radius 1 is 1.20 bits per heavy atom. The zero-order valence-electron chi connectivity index (χ0n) is 19.5. The van der Waals surface area contributed by atoms with Gasteiger partial charge in [-0.3, -0.25) is 0 Å². The molecule has 180 valence electrons. The molecule has 0 aliphatic rings. The van der Waals surface area contributed by atoms with Crippen molar-refractivity contribution in [1.82, 2.24) is 13.9 Å². The zero-order chi connectivity index (χ0) is 26.0. The number of nitrogens with zero attached hydrogens (tertiary/aromatic N) is 5. The standard InChI is InChI=1S/C24H22FN5O4S/c1-24(2,3)29(4)23(31)34-15-17-14-30(35(32,33)18-8-5-7-16(11-18)12-26)22(21(17)25)19-9-6-10-28-20(19)13-27/h5-11,14H,15H2,1-4H3. The Morgan fingerprint density at radius 3 is 2.54 bits per heavy atom. The maximum absolute atomic E-state index is 15.7. The summed E-state index contributed by atoms with van der Waals surface area (Å²) in [7, 11) is -2.89. The third kappa shape index (κ3) is 5.00. The fourth-order valence-corrected chi connectivity index (χ4v) is 4.51. The number of aromatic nitrogens is 2. The summed E-state index contributed by atoms with van der Waals surface area (Å²) in [5, 5.41) is 18.6. The number of benzene rings is 1. The first-order chi connectivity index (χ1) is 16.4. The molecule has 3 aromatic rings. The first kappa shape index (κ1) is 25.4. The number of carbonyl (C=O) groups is 1. The van der Waals surface area contributed by atoms with Gasteiger partial charge < -0.3 is 9.64 Å². The lowest BCUT2D eigenvalue weighted by Gasteiger charge is -2.30. The molecule has 0 radical (unpaired) electrons. The Morgan fingerprint density at radius 2 is 1.91 bits per heavy atom. The molecule has 0 saturated heterocycles. The van der Waals surface area contributed by atoms with Gasteiger partial charge in [-0.2, -0.15) is 10.5 Å². The molecule has 0 aliphatic carbocycles. The number of carbonyl (C=O) groups excluding carboxylic acids is 1. The van der Waals surface area contributed by atoms with Gasteiger partial charge in [0.15, 0.2) is 5.82 Å². The second-order valence-electron chi connectivity index (χ2n) is 8.55. The van der Waals surface area contributed by atoms with E-state index in [1.165, 1.54) is 48.5 Å². The van der Waals surface area contributed by atoms with Crippen molar-refractivity contribution in [3.05, 3.63) is 71.4 Å². The highest BCUT2D eigenvalue weighted by Gasteiger charge is 2.30. The molecule has 11 heteroatoms. The van der Waals surface area contributed by atoms with Gasteiger partial charge in [0.2, 0.25) is 0 Å². The maximum Gasteiger partial charge on any atom is 0.410 e. The van der Waals surface area contributed by atoms with E-state index in [4.69, 9.17) is 10.00 Å². The lowest BCUT2D eigenvalue weighted by atomic mass is 10.1. The van der Waals surface area contributed by atoms with E-state index in [9.17, 15) is 18.5 Å². The number of pyridine rings is 1. The van der Waals surface area contributed by atoms with Crippen LogP contribution in [-0.4, -0.2) is 41.0 Å². The Hall–Kier alpha value is -4.22. The predicted octanol–water partition coefficient (Wildman–Crippen LogP) is 4.04. The summed E-state index contributed by atoms with van der Waals surface area (Å²) in [6, 6.07) is 11.7. The summed E-state index contributed by atoms with van der Waals surface area (Å²) in [5.41, 5.74) is -1.37. The van der Waals surface area contributed by atoms with Gasteiger partial charge in [0.1, 0.15) is 24.1 Å². The van der Waals surface area contributed by atoms with Crippen LogP contribution in [0.15, 0.2) is 53.7 Å². The van der Waals surface area contributed by atoms with Crippen molar-refractivity contribution in [2.24, 2.45) is 0 Å². The Balaban J connectivity index is 2.17. The SMILES string of the molecule is CN(C(=O)OCc1cn(S(=O)(=O)c2cccc(C#N)c2)c(-c2cccnc2C#N)c1F)C(C)(C)C. The van der Waals surface area contributed by atoms with E-state index in [1.807, 2.05) is 12.1 Å². The number of hydrogen-bond donors (Lipinski definition) is 0. The average Bonchev–Trinajstić information content (AvgIpc) is 3.17. The predicted molar refractivity (Wildman–Crippen MR) is 124 cm³/mol.